The van der Waals surface area contributed by atoms with Crippen LogP contribution in [0.5, 0.6) is 0 Å². The van der Waals surface area contributed by atoms with Crippen molar-refractivity contribution in [3.8, 4) is 0 Å². The van der Waals surface area contributed by atoms with Crippen molar-refractivity contribution in [1.82, 2.24) is 0 Å². The maximum atomic E-state index is 10.9. The summed E-state index contributed by atoms with van der Waals surface area (Å²) < 4.78 is -1.22. The summed E-state index contributed by atoms with van der Waals surface area (Å²) in [5.41, 5.74) is 11.2. The van der Waals surface area contributed by atoms with Gasteiger partial charge in [-0.1, -0.05) is 0 Å². The maximum absolute atomic E-state index is 10.9. The zero-order valence-electron chi connectivity index (χ0n) is 11.2. The molecule has 0 unspecified atom stereocenters. The minimum atomic E-state index is -1.04. The molecule has 2 atom stereocenters. The van der Waals surface area contributed by atoms with Gasteiger partial charge in [-0.2, -0.15) is 0 Å². The second-order valence-electron chi connectivity index (χ2n) is 5.07. The average molecular weight is 375 g/mol. The summed E-state index contributed by atoms with van der Waals surface area (Å²) in [6.07, 6.45) is 0. The van der Waals surface area contributed by atoms with Crippen LogP contribution in [0.15, 0.2) is 0 Å². The Hall–Kier alpha value is 0.0795. The van der Waals surface area contributed by atoms with E-state index in [1.807, 2.05) is 0 Å². The van der Waals surface area contributed by atoms with Gasteiger partial charge in [0.1, 0.15) is 0 Å². The molecule has 0 aromatic rings. The molecule has 0 aromatic carbocycles. The van der Waals surface area contributed by atoms with Gasteiger partial charge in [-0.05, 0) is 0 Å². The Morgan fingerprint density at radius 1 is 0.947 bits per heavy atom. The zero-order valence-corrected chi connectivity index (χ0v) is 14.6. The first kappa shape index (κ1) is 19.1. The fraction of sp³-hybridized carbons (Fsp3) is 0.800. The first-order chi connectivity index (χ1) is 8.42. The van der Waals surface area contributed by atoms with Crippen molar-refractivity contribution in [3.05, 3.63) is 0 Å². The molecular weight excluding hydrogens is 355 g/mol. The molecular formula is C10H20N2O4S2Se. The Kier molecular flexibility index (Phi) is 7.22. The van der Waals surface area contributed by atoms with Gasteiger partial charge >= 0.3 is 126 Å². The van der Waals surface area contributed by atoms with E-state index in [2.05, 4.69) is 0 Å². The number of carbonyl (C=O) groups is 2. The quantitative estimate of drug-likeness (QED) is 0.448. The predicted molar refractivity (Wildman–Crippen MR) is 80.3 cm³/mol. The summed E-state index contributed by atoms with van der Waals surface area (Å²) in [4.78, 5) is 21.7. The van der Waals surface area contributed by atoms with Crippen LogP contribution in [0.1, 0.15) is 27.7 Å². The van der Waals surface area contributed by atoms with Crippen molar-refractivity contribution in [3.63, 3.8) is 0 Å². The Morgan fingerprint density at radius 3 is 1.42 bits per heavy atom. The first-order valence-corrected chi connectivity index (χ1v) is 11.1. The number of carboxylic acid groups (broad SMARTS) is 2. The third-order valence-electron chi connectivity index (χ3n) is 2.53. The van der Waals surface area contributed by atoms with Crippen LogP contribution in [-0.2, 0) is 9.59 Å². The topological polar surface area (TPSA) is 127 Å². The molecule has 112 valence electrons. The molecule has 0 aliphatic rings. The van der Waals surface area contributed by atoms with Gasteiger partial charge in [0.15, 0.2) is 0 Å². The van der Waals surface area contributed by atoms with Crippen LogP contribution in [0.25, 0.3) is 0 Å². The van der Waals surface area contributed by atoms with E-state index in [1.165, 1.54) is 20.4 Å². The normalized spacial score (nSPS) is 15.9. The van der Waals surface area contributed by atoms with Crippen molar-refractivity contribution in [2.75, 3.05) is 0 Å². The first-order valence-electron chi connectivity index (χ1n) is 5.42. The molecule has 6 N–H and O–H groups in total. The summed E-state index contributed by atoms with van der Waals surface area (Å²) in [5.74, 6) is -2.08. The third kappa shape index (κ3) is 5.93. The molecule has 0 heterocycles. The zero-order chi connectivity index (χ0) is 15.4. The second-order valence-corrected chi connectivity index (χ2v) is 12.7. The fourth-order valence-electron chi connectivity index (χ4n) is 0.891. The van der Waals surface area contributed by atoms with Crippen molar-refractivity contribution < 1.29 is 19.8 Å². The van der Waals surface area contributed by atoms with Crippen LogP contribution in [0.4, 0.5) is 0 Å². The molecule has 0 bridgehead atoms. The van der Waals surface area contributed by atoms with Crippen LogP contribution in [0, 0.1) is 0 Å². The molecule has 6 nitrogen and oxygen atoms in total. The van der Waals surface area contributed by atoms with Gasteiger partial charge in [-0.15, -0.1) is 0 Å². The Balaban J connectivity index is 4.44. The molecule has 0 spiro atoms. The van der Waals surface area contributed by atoms with E-state index in [0.717, 1.165) is 0 Å². The molecule has 0 saturated heterocycles. The molecule has 0 rings (SSSR count). The van der Waals surface area contributed by atoms with Crippen molar-refractivity contribution in [2.24, 2.45) is 11.5 Å². The van der Waals surface area contributed by atoms with E-state index in [0.29, 0.717) is 0 Å². The summed E-state index contributed by atoms with van der Waals surface area (Å²) in [5, 5.41) is 17.8. The standard InChI is InChI=1S/C10H20N2O4S2Se/c1-9(2,5(11)7(13)14)17-19-18-10(3,4)6(12)8(15)16/h5-6H,11-12H2,1-4H3,(H,13,14)(H,15,16)/t5-,6-/m0/s1. The van der Waals surface area contributed by atoms with Crippen LogP contribution < -0.4 is 11.5 Å². The summed E-state index contributed by atoms with van der Waals surface area (Å²) in [6.45, 7) is 7.07. The van der Waals surface area contributed by atoms with Gasteiger partial charge in [0.25, 0.3) is 0 Å². The second kappa shape index (κ2) is 7.19. The Morgan fingerprint density at radius 2 is 1.21 bits per heavy atom. The molecule has 9 heteroatoms. The molecule has 0 amide bonds. The van der Waals surface area contributed by atoms with Gasteiger partial charge in [-0.3, -0.25) is 0 Å². The van der Waals surface area contributed by atoms with E-state index in [4.69, 9.17) is 21.7 Å². The molecule has 0 aliphatic heterocycles. The Labute approximate surface area is 125 Å². The van der Waals surface area contributed by atoms with E-state index < -0.39 is 33.5 Å². The minimum absolute atomic E-state index is 0.0763. The molecule has 0 saturated carbocycles. The van der Waals surface area contributed by atoms with Gasteiger partial charge in [0.2, 0.25) is 0 Å². The number of rotatable bonds is 8. The van der Waals surface area contributed by atoms with Crippen molar-refractivity contribution in [2.45, 2.75) is 49.3 Å². The summed E-state index contributed by atoms with van der Waals surface area (Å²) in [6, 6.07) is -1.92. The summed E-state index contributed by atoms with van der Waals surface area (Å²) in [7, 11) is 2.88. The van der Waals surface area contributed by atoms with Gasteiger partial charge < -0.3 is 0 Å². The van der Waals surface area contributed by atoms with E-state index in [9.17, 15) is 9.59 Å². The predicted octanol–water partition coefficient (Wildman–Crippen LogP) is 0.368. The number of carboxylic acids is 2. The number of nitrogens with two attached hydrogens (primary N) is 2. The molecule has 0 radical (unpaired) electrons. The van der Waals surface area contributed by atoms with Gasteiger partial charge in [0, 0.05) is 0 Å². The van der Waals surface area contributed by atoms with E-state index in [-0.39, 0.29) is 12.7 Å². The molecule has 0 aliphatic carbocycles. The monoisotopic (exact) mass is 376 g/mol. The van der Waals surface area contributed by atoms with E-state index >= 15 is 0 Å². The Bertz CT molecular complexity index is 320. The molecule has 19 heavy (non-hydrogen) atoms. The fourth-order valence-corrected chi connectivity index (χ4v) is 11.4. The summed E-state index contributed by atoms with van der Waals surface area (Å²) >= 11 is -0.0763. The molecule has 0 fully saturated rings. The van der Waals surface area contributed by atoms with Crippen LogP contribution in [-0.4, -0.2) is 56.4 Å². The number of aliphatic carboxylic acids is 2. The SMILES string of the molecule is CC(C)(S[Se]SC(C)(C)[C@@H](N)C(=O)O)[C@@H](N)C(=O)O. The van der Waals surface area contributed by atoms with Gasteiger partial charge in [-0.25, -0.2) is 0 Å². The number of hydrogen-bond acceptors (Lipinski definition) is 6. The van der Waals surface area contributed by atoms with E-state index in [1.54, 1.807) is 27.7 Å². The van der Waals surface area contributed by atoms with Crippen LogP contribution >= 0.6 is 20.4 Å². The van der Waals surface area contributed by atoms with Crippen LogP contribution in [0.3, 0.4) is 0 Å². The van der Waals surface area contributed by atoms with Crippen molar-refractivity contribution >= 4 is 45.0 Å². The van der Waals surface area contributed by atoms with Crippen LogP contribution in [0.2, 0.25) is 0 Å². The van der Waals surface area contributed by atoms with Crippen molar-refractivity contribution in [1.29, 1.82) is 0 Å². The third-order valence-corrected chi connectivity index (χ3v) is 12.4. The van der Waals surface area contributed by atoms with Gasteiger partial charge in [0.05, 0.1) is 0 Å². The number of hydrogen-bond donors (Lipinski definition) is 4. The average Bonchev–Trinajstić information content (AvgIpc) is 2.25. The molecule has 0 aromatic heterocycles.